The smallest absolute Gasteiger partial charge is 0.328 e. The molecule has 4 atom stereocenters. The molecule has 0 aliphatic carbocycles. The van der Waals surface area contributed by atoms with Crippen molar-refractivity contribution in [2.45, 2.75) is 71.1 Å². The van der Waals surface area contributed by atoms with Gasteiger partial charge in [0.2, 0.25) is 17.7 Å². The van der Waals surface area contributed by atoms with Gasteiger partial charge < -0.3 is 20.3 Å². The van der Waals surface area contributed by atoms with Crippen molar-refractivity contribution in [3.8, 4) is 0 Å². The van der Waals surface area contributed by atoms with Gasteiger partial charge in [0.15, 0.2) is 0 Å². The number of methoxy groups -OCH3 is 1. The van der Waals surface area contributed by atoms with Crippen molar-refractivity contribution in [2.75, 3.05) is 20.2 Å². The Morgan fingerprint density at radius 3 is 2.31 bits per heavy atom. The molecule has 2 heterocycles. The molecule has 0 aromatic carbocycles. The number of esters is 1. The van der Waals surface area contributed by atoms with Crippen molar-refractivity contribution in [1.29, 1.82) is 0 Å². The number of hydrogen-bond acceptors (Lipinski definition) is 6. The highest BCUT2D eigenvalue weighted by molar-refractivity contribution is 5.99. The number of ether oxygens (including phenoxy) is 1. The van der Waals surface area contributed by atoms with E-state index in [1.807, 2.05) is 27.7 Å². The van der Waals surface area contributed by atoms with E-state index in [-0.39, 0.29) is 23.6 Å². The number of likely N-dealkylation sites (tertiary alicyclic amines) is 1. The molecule has 0 spiro atoms. The van der Waals surface area contributed by atoms with Crippen molar-refractivity contribution in [3.05, 3.63) is 0 Å². The minimum Gasteiger partial charge on any atom is -0.467 e. The topological polar surface area (TPSA) is 127 Å². The molecule has 0 saturated carbocycles. The van der Waals surface area contributed by atoms with E-state index in [1.54, 1.807) is 0 Å². The number of carbonyl (C=O) groups is 4. The van der Waals surface area contributed by atoms with Crippen molar-refractivity contribution in [3.63, 3.8) is 0 Å². The monoisotopic (exact) mass is 410 g/mol. The molecule has 0 aromatic rings. The molecule has 2 fully saturated rings. The Kier molecular flexibility index (Phi) is 8.01. The predicted molar refractivity (Wildman–Crippen MR) is 107 cm³/mol. The molecule has 29 heavy (non-hydrogen) atoms. The molecule has 2 saturated heterocycles. The van der Waals surface area contributed by atoms with Crippen LogP contribution in [0, 0.1) is 11.8 Å². The van der Waals surface area contributed by atoms with E-state index in [2.05, 4.69) is 16.0 Å². The lowest BCUT2D eigenvalue weighted by Crippen LogP contribution is -2.53. The summed E-state index contributed by atoms with van der Waals surface area (Å²) in [5.41, 5.74) is 0. The van der Waals surface area contributed by atoms with Gasteiger partial charge in [-0.3, -0.25) is 19.7 Å². The number of amides is 3. The van der Waals surface area contributed by atoms with Crippen LogP contribution < -0.4 is 16.0 Å². The first-order valence-electron chi connectivity index (χ1n) is 10.4. The minimum absolute atomic E-state index is 0.167. The molecule has 164 valence electrons. The van der Waals surface area contributed by atoms with Gasteiger partial charge in [-0.25, -0.2) is 4.79 Å². The van der Waals surface area contributed by atoms with Crippen LogP contribution in [0.2, 0.25) is 0 Å². The van der Waals surface area contributed by atoms with E-state index in [1.165, 1.54) is 12.0 Å². The Bertz CT molecular complexity index is 636. The Hall–Kier alpha value is -2.16. The number of nitrogens with one attached hydrogen (secondary N) is 3. The molecule has 0 radical (unpaired) electrons. The lowest BCUT2D eigenvalue weighted by Gasteiger charge is -2.28. The number of carbonyl (C=O) groups excluding carboxylic acids is 4. The van der Waals surface area contributed by atoms with Crippen LogP contribution in [-0.4, -0.2) is 73.0 Å². The van der Waals surface area contributed by atoms with E-state index in [0.717, 1.165) is 6.42 Å². The fourth-order valence-corrected chi connectivity index (χ4v) is 3.57. The third-order valence-electron chi connectivity index (χ3n) is 5.16. The average molecular weight is 411 g/mol. The third-order valence-corrected chi connectivity index (χ3v) is 5.16. The zero-order valence-corrected chi connectivity index (χ0v) is 18.0. The highest BCUT2D eigenvalue weighted by atomic mass is 16.5. The summed E-state index contributed by atoms with van der Waals surface area (Å²) in [6.07, 6.45) is 1.73. The number of hydrogen-bond donors (Lipinski definition) is 3. The Morgan fingerprint density at radius 1 is 1.07 bits per heavy atom. The van der Waals surface area contributed by atoms with E-state index in [0.29, 0.717) is 31.8 Å². The second-order valence-electron chi connectivity index (χ2n) is 8.66. The lowest BCUT2D eigenvalue weighted by atomic mass is 10.0. The fraction of sp³-hybridized carbons (Fsp3) is 0.800. The maximum absolute atomic E-state index is 13.1. The zero-order valence-electron chi connectivity index (χ0n) is 18.0. The number of rotatable bonds is 9. The SMILES string of the molecule is COC(=O)[C@@H]1CCCN1C(=O)[C@H](CC(C)C)NC(=O)[C@@H]1N[C@H]1C(=O)NCC(C)C. The fourth-order valence-electron chi connectivity index (χ4n) is 3.57. The molecule has 2 rings (SSSR count). The van der Waals surface area contributed by atoms with Crippen molar-refractivity contribution in [2.24, 2.45) is 11.8 Å². The molecule has 0 aromatic heterocycles. The average Bonchev–Trinajstić information content (AvgIpc) is 3.32. The largest absolute Gasteiger partial charge is 0.467 e. The van der Waals surface area contributed by atoms with Crippen LogP contribution in [0.25, 0.3) is 0 Å². The Labute approximate surface area is 172 Å². The molecule has 2 aliphatic rings. The summed E-state index contributed by atoms with van der Waals surface area (Å²) in [4.78, 5) is 51.3. The highest BCUT2D eigenvalue weighted by Crippen LogP contribution is 2.21. The Balaban J connectivity index is 1.98. The molecule has 3 N–H and O–H groups in total. The van der Waals surface area contributed by atoms with Gasteiger partial charge >= 0.3 is 5.97 Å². The van der Waals surface area contributed by atoms with Crippen LogP contribution in [0.4, 0.5) is 0 Å². The Morgan fingerprint density at radius 2 is 1.72 bits per heavy atom. The van der Waals surface area contributed by atoms with Gasteiger partial charge in [0.05, 0.1) is 7.11 Å². The summed E-state index contributed by atoms with van der Waals surface area (Å²) in [6, 6.07) is -2.56. The molecule has 0 bridgehead atoms. The molecular formula is C20H34N4O5. The minimum atomic E-state index is -0.741. The zero-order chi connectivity index (χ0) is 21.7. The van der Waals surface area contributed by atoms with Gasteiger partial charge in [-0.2, -0.15) is 0 Å². The maximum Gasteiger partial charge on any atom is 0.328 e. The van der Waals surface area contributed by atoms with E-state index in [9.17, 15) is 19.2 Å². The lowest BCUT2D eigenvalue weighted by molar-refractivity contribution is -0.152. The van der Waals surface area contributed by atoms with Gasteiger partial charge in [-0.15, -0.1) is 0 Å². The summed E-state index contributed by atoms with van der Waals surface area (Å²) in [5.74, 6) is -0.807. The van der Waals surface area contributed by atoms with Gasteiger partial charge in [0, 0.05) is 13.1 Å². The van der Waals surface area contributed by atoms with Crippen LogP contribution in [0.15, 0.2) is 0 Å². The summed E-state index contributed by atoms with van der Waals surface area (Å²) in [7, 11) is 1.31. The quantitative estimate of drug-likeness (QED) is 0.357. The second kappa shape index (κ2) is 10.0. The third kappa shape index (κ3) is 6.16. The van der Waals surface area contributed by atoms with Crippen molar-refractivity contribution in [1.82, 2.24) is 20.9 Å². The summed E-state index contributed by atoms with van der Waals surface area (Å²) < 4.78 is 4.81. The van der Waals surface area contributed by atoms with Crippen molar-refractivity contribution >= 4 is 23.7 Å². The van der Waals surface area contributed by atoms with Crippen LogP contribution in [-0.2, 0) is 23.9 Å². The van der Waals surface area contributed by atoms with Crippen LogP contribution >= 0.6 is 0 Å². The summed E-state index contributed by atoms with van der Waals surface area (Å²) >= 11 is 0. The first-order chi connectivity index (χ1) is 13.6. The molecule has 2 aliphatic heterocycles. The van der Waals surface area contributed by atoms with Crippen molar-refractivity contribution < 1.29 is 23.9 Å². The standard InChI is InChI=1S/C20H34N4O5/c1-11(2)9-13(19(27)24-8-6-7-14(24)20(28)29-5)22-18(26)16-15(23-16)17(25)21-10-12(3)4/h11-16,23H,6-10H2,1-5H3,(H,21,25)(H,22,26)/t13-,14-,15+,16+/m0/s1. The maximum atomic E-state index is 13.1. The molecular weight excluding hydrogens is 376 g/mol. The van der Waals surface area contributed by atoms with E-state index in [4.69, 9.17) is 4.74 Å². The predicted octanol–water partition coefficient (Wildman–Crippen LogP) is -0.206. The number of nitrogens with zero attached hydrogens (tertiary/aromatic N) is 1. The highest BCUT2D eigenvalue weighted by Gasteiger charge is 2.48. The molecule has 9 heteroatoms. The normalized spacial score (nSPS) is 24.4. The second-order valence-corrected chi connectivity index (χ2v) is 8.66. The summed E-state index contributed by atoms with van der Waals surface area (Å²) in [5, 5.41) is 8.46. The van der Waals surface area contributed by atoms with Gasteiger partial charge in [-0.1, -0.05) is 27.7 Å². The van der Waals surface area contributed by atoms with E-state index >= 15 is 0 Å². The molecule has 0 unspecified atom stereocenters. The molecule has 9 nitrogen and oxygen atoms in total. The van der Waals surface area contributed by atoms with E-state index < -0.39 is 30.1 Å². The van der Waals surface area contributed by atoms with Crippen LogP contribution in [0.3, 0.4) is 0 Å². The van der Waals surface area contributed by atoms with Crippen LogP contribution in [0.1, 0.15) is 47.0 Å². The first-order valence-corrected chi connectivity index (χ1v) is 10.4. The van der Waals surface area contributed by atoms with Crippen LogP contribution in [0.5, 0.6) is 0 Å². The summed E-state index contributed by atoms with van der Waals surface area (Å²) in [6.45, 7) is 8.92. The van der Waals surface area contributed by atoms with Gasteiger partial charge in [0.1, 0.15) is 24.2 Å². The molecule has 3 amide bonds. The first kappa shape index (κ1) is 23.1. The van der Waals surface area contributed by atoms with Gasteiger partial charge in [-0.05, 0) is 31.1 Å². The van der Waals surface area contributed by atoms with Gasteiger partial charge in [0.25, 0.3) is 0 Å².